The summed E-state index contributed by atoms with van der Waals surface area (Å²) in [6.45, 7) is 4.64. The van der Waals surface area contributed by atoms with Gasteiger partial charge in [-0.2, -0.15) is 0 Å². The highest BCUT2D eigenvalue weighted by Gasteiger charge is 2.49. The minimum atomic E-state index is -0.292. The van der Waals surface area contributed by atoms with Gasteiger partial charge >= 0.3 is 0 Å². The predicted octanol–water partition coefficient (Wildman–Crippen LogP) is 1.29. The molecule has 1 unspecified atom stereocenters. The molecule has 2 amide bonds. The first-order valence-electron chi connectivity index (χ1n) is 7.92. The molecule has 2 aliphatic heterocycles. The first-order chi connectivity index (χ1) is 9.59. The summed E-state index contributed by atoms with van der Waals surface area (Å²) >= 11 is 0. The highest BCUT2D eigenvalue weighted by atomic mass is 16.2. The molecule has 0 bridgehead atoms. The zero-order valence-electron chi connectivity index (χ0n) is 12.4. The van der Waals surface area contributed by atoms with Gasteiger partial charge in [0.25, 0.3) is 0 Å². The number of piperidine rings is 1. The average molecular weight is 279 g/mol. The molecule has 1 N–H and O–H groups in total. The van der Waals surface area contributed by atoms with Crippen LogP contribution in [0.5, 0.6) is 0 Å². The van der Waals surface area contributed by atoms with E-state index in [-0.39, 0.29) is 17.4 Å². The summed E-state index contributed by atoms with van der Waals surface area (Å²) in [6, 6.07) is 0. The van der Waals surface area contributed by atoms with Crippen molar-refractivity contribution in [2.45, 2.75) is 57.4 Å². The average Bonchev–Trinajstić information content (AvgIpc) is 2.98. The van der Waals surface area contributed by atoms with Gasteiger partial charge in [-0.15, -0.1) is 0 Å². The van der Waals surface area contributed by atoms with Gasteiger partial charge in [-0.1, -0.05) is 12.8 Å². The third-order valence-corrected chi connectivity index (χ3v) is 5.14. The Morgan fingerprint density at radius 1 is 1.35 bits per heavy atom. The summed E-state index contributed by atoms with van der Waals surface area (Å²) in [7, 11) is 0. The van der Waals surface area contributed by atoms with E-state index in [1.165, 1.54) is 25.7 Å². The lowest BCUT2D eigenvalue weighted by molar-refractivity contribution is -0.141. The van der Waals surface area contributed by atoms with E-state index < -0.39 is 0 Å². The highest BCUT2D eigenvalue weighted by Crippen LogP contribution is 2.35. The minimum absolute atomic E-state index is 0.0112. The molecule has 20 heavy (non-hydrogen) atoms. The van der Waals surface area contributed by atoms with Crippen LogP contribution in [0.15, 0.2) is 0 Å². The predicted molar refractivity (Wildman–Crippen MR) is 75.6 cm³/mol. The molecule has 1 saturated carbocycles. The number of hydrazine groups is 1. The first kappa shape index (κ1) is 13.9. The lowest BCUT2D eigenvalue weighted by atomic mass is 9.85. The van der Waals surface area contributed by atoms with Gasteiger partial charge in [0.2, 0.25) is 11.8 Å². The van der Waals surface area contributed by atoms with E-state index in [0.29, 0.717) is 6.42 Å². The Morgan fingerprint density at radius 2 is 2.10 bits per heavy atom. The number of hydrogen-bond donors (Lipinski definition) is 1. The maximum absolute atomic E-state index is 11.8. The van der Waals surface area contributed by atoms with Gasteiger partial charge in [0.15, 0.2) is 0 Å². The molecule has 1 atom stereocenters. The molecule has 0 aromatic heterocycles. The van der Waals surface area contributed by atoms with E-state index in [2.05, 4.69) is 10.3 Å². The van der Waals surface area contributed by atoms with E-state index in [1.807, 2.05) is 0 Å². The quantitative estimate of drug-likeness (QED) is 0.829. The van der Waals surface area contributed by atoms with E-state index in [1.54, 1.807) is 11.9 Å². The molecule has 1 spiro atoms. The van der Waals surface area contributed by atoms with Gasteiger partial charge in [0.1, 0.15) is 0 Å². The minimum Gasteiger partial charge on any atom is -0.301 e. The second kappa shape index (κ2) is 5.35. The number of hydrogen-bond acceptors (Lipinski definition) is 3. The lowest BCUT2D eigenvalue weighted by Crippen LogP contribution is -2.59. The van der Waals surface area contributed by atoms with Crippen LogP contribution in [0.2, 0.25) is 0 Å². The van der Waals surface area contributed by atoms with Gasteiger partial charge < -0.3 is 4.90 Å². The number of likely N-dealkylation sites (tertiary alicyclic amines) is 1. The van der Waals surface area contributed by atoms with Gasteiger partial charge in [0.05, 0.1) is 12.0 Å². The molecule has 5 heteroatoms. The molecule has 0 aromatic rings. The van der Waals surface area contributed by atoms with Crippen LogP contribution in [0.3, 0.4) is 0 Å². The standard InChI is InChI=1S/C15H25N3O2/c1-12(19)18-15(9-14(20)16-18)7-4-8-17(11-15)10-13-5-2-3-6-13/h13H,2-11H2,1H3,(H,16,20). The summed E-state index contributed by atoms with van der Waals surface area (Å²) in [5.74, 6) is 0.766. The Hall–Kier alpha value is -1.10. The van der Waals surface area contributed by atoms with E-state index in [0.717, 1.165) is 38.4 Å². The molecule has 112 valence electrons. The van der Waals surface area contributed by atoms with Crippen molar-refractivity contribution in [1.29, 1.82) is 0 Å². The number of rotatable bonds is 2. The fraction of sp³-hybridized carbons (Fsp3) is 0.867. The van der Waals surface area contributed by atoms with Gasteiger partial charge in [-0.3, -0.25) is 15.0 Å². The second-order valence-corrected chi connectivity index (χ2v) is 6.78. The zero-order chi connectivity index (χ0) is 14.2. The normalized spacial score (nSPS) is 32.0. The van der Waals surface area contributed by atoms with Crippen molar-refractivity contribution in [2.75, 3.05) is 19.6 Å². The number of amides is 2. The third kappa shape index (κ3) is 2.55. The lowest BCUT2D eigenvalue weighted by Gasteiger charge is -2.44. The summed E-state index contributed by atoms with van der Waals surface area (Å²) in [5, 5.41) is 1.61. The fourth-order valence-corrected chi connectivity index (χ4v) is 4.32. The van der Waals surface area contributed by atoms with Crippen LogP contribution >= 0.6 is 0 Å². The Balaban J connectivity index is 1.69. The summed E-state index contributed by atoms with van der Waals surface area (Å²) in [5.41, 5.74) is 2.45. The maximum atomic E-state index is 11.8. The zero-order valence-corrected chi connectivity index (χ0v) is 12.4. The molecular weight excluding hydrogens is 254 g/mol. The van der Waals surface area contributed by atoms with Crippen molar-refractivity contribution in [3.63, 3.8) is 0 Å². The van der Waals surface area contributed by atoms with Crippen LogP contribution in [-0.2, 0) is 9.59 Å². The van der Waals surface area contributed by atoms with Gasteiger partial charge in [0, 0.05) is 20.0 Å². The number of carbonyl (C=O) groups is 2. The van der Waals surface area contributed by atoms with Crippen LogP contribution in [0.1, 0.15) is 51.9 Å². The van der Waals surface area contributed by atoms with Crippen molar-refractivity contribution >= 4 is 11.8 Å². The third-order valence-electron chi connectivity index (χ3n) is 5.14. The van der Waals surface area contributed by atoms with Crippen LogP contribution < -0.4 is 5.43 Å². The molecule has 3 rings (SSSR count). The summed E-state index contributed by atoms with van der Waals surface area (Å²) in [4.78, 5) is 26.0. The van der Waals surface area contributed by atoms with Crippen LogP contribution in [0.25, 0.3) is 0 Å². The SMILES string of the molecule is CC(=O)N1NC(=O)CC12CCCN(CC1CCCC1)C2. The van der Waals surface area contributed by atoms with E-state index >= 15 is 0 Å². The molecular formula is C15H25N3O2. The first-order valence-corrected chi connectivity index (χ1v) is 7.92. The number of nitrogens with one attached hydrogen (secondary N) is 1. The monoisotopic (exact) mass is 279 g/mol. The molecule has 5 nitrogen and oxygen atoms in total. The van der Waals surface area contributed by atoms with E-state index in [4.69, 9.17) is 0 Å². The van der Waals surface area contributed by atoms with Crippen molar-refractivity contribution in [2.24, 2.45) is 5.92 Å². The molecule has 2 saturated heterocycles. The van der Waals surface area contributed by atoms with Crippen LogP contribution in [0, 0.1) is 5.92 Å². The number of nitrogens with zero attached hydrogens (tertiary/aromatic N) is 2. The molecule has 2 heterocycles. The molecule has 3 aliphatic rings. The smallest absolute Gasteiger partial charge is 0.241 e. The van der Waals surface area contributed by atoms with Crippen LogP contribution in [0.4, 0.5) is 0 Å². The highest BCUT2D eigenvalue weighted by molar-refractivity contribution is 5.86. The Morgan fingerprint density at radius 3 is 2.80 bits per heavy atom. The maximum Gasteiger partial charge on any atom is 0.241 e. The fourth-order valence-electron chi connectivity index (χ4n) is 4.32. The van der Waals surface area contributed by atoms with Gasteiger partial charge in [-0.05, 0) is 38.1 Å². The van der Waals surface area contributed by atoms with Crippen molar-refractivity contribution in [1.82, 2.24) is 15.3 Å². The van der Waals surface area contributed by atoms with E-state index in [9.17, 15) is 9.59 Å². The Labute approximate surface area is 120 Å². The van der Waals surface area contributed by atoms with Crippen molar-refractivity contribution in [3.05, 3.63) is 0 Å². The summed E-state index contributed by atoms with van der Waals surface area (Å²) in [6.07, 6.45) is 7.90. The molecule has 1 aliphatic carbocycles. The largest absolute Gasteiger partial charge is 0.301 e. The van der Waals surface area contributed by atoms with Gasteiger partial charge in [-0.25, -0.2) is 5.01 Å². The molecule has 3 fully saturated rings. The van der Waals surface area contributed by atoms with Crippen molar-refractivity contribution in [3.8, 4) is 0 Å². The Bertz CT molecular complexity index is 406. The number of carbonyl (C=O) groups excluding carboxylic acids is 2. The Kier molecular flexibility index (Phi) is 3.71. The second-order valence-electron chi connectivity index (χ2n) is 6.78. The van der Waals surface area contributed by atoms with Crippen LogP contribution in [-0.4, -0.2) is 46.9 Å². The topological polar surface area (TPSA) is 52.7 Å². The summed E-state index contributed by atoms with van der Waals surface area (Å²) < 4.78 is 0. The molecule has 0 aromatic carbocycles. The van der Waals surface area contributed by atoms with Crippen molar-refractivity contribution < 1.29 is 9.59 Å². The molecule has 0 radical (unpaired) electrons.